The Morgan fingerprint density at radius 3 is 2.58 bits per heavy atom. The highest BCUT2D eigenvalue weighted by molar-refractivity contribution is 5.99. The van der Waals surface area contributed by atoms with E-state index >= 15 is 0 Å². The van der Waals surface area contributed by atoms with Crippen molar-refractivity contribution in [2.75, 3.05) is 50.8 Å². The first kappa shape index (κ1) is 16.9. The van der Waals surface area contributed by atoms with Crippen LogP contribution in [0.2, 0.25) is 0 Å². The Bertz CT molecular complexity index is 572. The Labute approximate surface area is 143 Å². The van der Waals surface area contributed by atoms with Crippen molar-refractivity contribution in [3.63, 3.8) is 0 Å². The largest absolute Gasteiger partial charge is 0.378 e. The first-order chi connectivity index (χ1) is 11.7. The van der Waals surface area contributed by atoms with Gasteiger partial charge in [0, 0.05) is 25.3 Å². The van der Waals surface area contributed by atoms with Crippen LogP contribution in [0.15, 0.2) is 30.3 Å². The maximum atomic E-state index is 12.8. The third-order valence-corrected chi connectivity index (χ3v) is 4.79. The number of anilines is 1. The van der Waals surface area contributed by atoms with E-state index in [1.165, 1.54) is 0 Å². The number of hydrogen-bond acceptors (Lipinski definition) is 4. The first-order valence-corrected chi connectivity index (χ1v) is 8.66. The molecule has 0 aliphatic carbocycles. The summed E-state index contributed by atoms with van der Waals surface area (Å²) >= 11 is 0. The van der Waals surface area contributed by atoms with Crippen LogP contribution in [0.25, 0.3) is 0 Å². The molecule has 2 aliphatic heterocycles. The van der Waals surface area contributed by atoms with Gasteiger partial charge in [-0.15, -0.1) is 0 Å². The zero-order chi connectivity index (χ0) is 16.9. The molecule has 6 nitrogen and oxygen atoms in total. The predicted octanol–water partition coefficient (Wildman–Crippen LogP) is 0.973. The topological polar surface area (TPSA) is 53.1 Å². The van der Waals surface area contributed by atoms with Gasteiger partial charge in [0.25, 0.3) is 0 Å². The van der Waals surface area contributed by atoms with Crippen molar-refractivity contribution < 1.29 is 14.3 Å². The number of amides is 2. The number of likely N-dealkylation sites (N-methyl/N-ethyl adjacent to an activating group) is 1. The van der Waals surface area contributed by atoms with Crippen LogP contribution in [-0.4, -0.2) is 73.6 Å². The van der Waals surface area contributed by atoms with Crippen LogP contribution in [-0.2, 0) is 14.3 Å². The molecule has 2 fully saturated rings. The normalized spacial score (nSPS) is 21.6. The summed E-state index contributed by atoms with van der Waals surface area (Å²) in [4.78, 5) is 31.0. The van der Waals surface area contributed by atoms with Gasteiger partial charge in [0.1, 0.15) is 0 Å². The van der Waals surface area contributed by atoms with Crippen LogP contribution < -0.4 is 4.90 Å². The summed E-state index contributed by atoms with van der Waals surface area (Å²) < 4.78 is 5.29. The SMILES string of the molecule is CCN(CC(=O)N1CCOCC1)C1CCN(c2ccccc2)C1=O. The fourth-order valence-electron chi connectivity index (χ4n) is 3.40. The maximum Gasteiger partial charge on any atom is 0.244 e. The molecule has 0 aromatic heterocycles. The quantitative estimate of drug-likeness (QED) is 0.807. The molecule has 6 heteroatoms. The number of nitrogens with zero attached hydrogens (tertiary/aromatic N) is 3. The van der Waals surface area contributed by atoms with Crippen molar-refractivity contribution >= 4 is 17.5 Å². The van der Waals surface area contributed by atoms with Crippen molar-refractivity contribution in [3.8, 4) is 0 Å². The summed E-state index contributed by atoms with van der Waals surface area (Å²) in [7, 11) is 0. The van der Waals surface area contributed by atoms with Gasteiger partial charge in [-0.2, -0.15) is 0 Å². The molecule has 0 radical (unpaired) electrons. The lowest BCUT2D eigenvalue weighted by atomic mass is 10.2. The van der Waals surface area contributed by atoms with E-state index in [9.17, 15) is 9.59 Å². The highest BCUT2D eigenvalue weighted by atomic mass is 16.5. The lowest BCUT2D eigenvalue weighted by Gasteiger charge is -2.31. The number of para-hydroxylation sites is 1. The Hall–Kier alpha value is -1.92. The van der Waals surface area contributed by atoms with Gasteiger partial charge in [-0.05, 0) is 25.1 Å². The number of carbonyl (C=O) groups is 2. The average molecular weight is 331 g/mol. The third-order valence-electron chi connectivity index (χ3n) is 4.79. The first-order valence-electron chi connectivity index (χ1n) is 8.66. The molecule has 2 amide bonds. The maximum absolute atomic E-state index is 12.8. The molecular formula is C18H25N3O3. The van der Waals surface area contributed by atoms with E-state index in [-0.39, 0.29) is 17.9 Å². The van der Waals surface area contributed by atoms with Crippen molar-refractivity contribution in [2.45, 2.75) is 19.4 Å². The van der Waals surface area contributed by atoms with Crippen LogP contribution >= 0.6 is 0 Å². The van der Waals surface area contributed by atoms with E-state index in [1.54, 1.807) is 0 Å². The number of benzene rings is 1. The molecule has 24 heavy (non-hydrogen) atoms. The molecule has 3 rings (SSSR count). The van der Waals surface area contributed by atoms with Gasteiger partial charge in [-0.1, -0.05) is 25.1 Å². The summed E-state index contributed by atoms with van der Waals surface area (Å²) in [5.41, 5.74) is 0.931. The molecular weight excluding hydrogens is 306 g/mol. The van der Waals surface area contributed by atoms with E-state index in [2.05, 4.69) is 0 Å². The monoisotopic (exact) mass is 331 g/mol. The summed E-state index contributed by atoms with van der Waals surface area (Å²) in [5.74, 6) is 0.184. The van der Waals surface area contributed by atoms with Gasteiger partial charge in [0.15, 0.2) is 0 Å². The Morgan fingerprint density at radius 1 is 1.21 bits per heavy atom. The molecule has 0 saturated carbocycles. The standard InChI is InChI=1S/C18H25N3O3/c1-2-19(14-17(22)20-10-12-24-13-11-20)16-8-9-21(18(16)23)15-6-4-3-5-7-15/h3-7,16H,2,8-14H2,1H3. The fourth-order valence-corrected chi connectivity index (χ4v) is 3.40. The van der Waals surface area contributed by atoms with Gasteiger partial charge >= 0.3 is 0 Å². The van der Waals surface area contributed by atoms with E-state index < -0.39 is 0 Å². The third kappa shape index (κ3) is 3.60. The highest BCUT2D eigenvalue weighted by Gasteiger charge is 2.37. The number of hydrogen-bond donors (Lipinski definition) is 0. The summed E-state index contributed by atoms with van der Waals surface area (Å²) in [6, 6.07) is 9.52. The molecule has 2 aliphatic rings. The molecule has 1 atom stereocenters. The molecule has 2 heterocycles. The number of rotatable bonds is 5. The molecule has 1 unspecified atom stereocenters. The Morgan fingerprint density at radius 2 is 1.92 bits per heavy atom. The molecule has 0 bridgehead atoms. The molecule has 130 valence electrons. The summed E-state index contributed by atoms with van der Waals surface area (Å²) in [6.07, 6.45) is 0.762. The van der Waals surface area contributed by atoms with Gasteiger partial charge in [0.05, 0.1) is 25.8 Å². The van der Waals surface area contributed by atoms with Crippen LogP contribution in [0.4, 0.5) is 5.69 Å². The van der Waals surface area contributed by atoms with Gasteiger partial charge in [0.2, 0.25) is 11.8 Å². The second-order valence-corrected chi connectivity index (χ2v) is 6.19. The Kier molecular flexibility index (Phi) is 5.48. The van der Waals surface area contributed by atoms with E-state index in [1.807, 2.05) is 52.0 Å². The smallest absolute Gasteiger partial charge is 0.244 e. The van der Waals surface area contributed by atoms with Crippen LogP contribution in [0, 0.1) is 0 Å². The lowest BCUT2D eigenvalue weighted by molar-refractivity contribution is -0.137. The van der Waals surface area contributed by atoms with Crippen LogP contribution in [0.3, 0.4) is 0 Å². The van der Waals surface area contributed by atoms with Gasteiger partial charge < -0.3 is 14.5 Å². The van der Waals surface area contributed by atoms with Crippen LogP contribution in [0.1, 0.15) is 13.3 Å². The molecule has 1 aromatic rings. The van der Waals surface area contributed by atoms with E-state index in [4.69, 9.17) is 4.74 Å². The van der Waals surface area contributed by atoms with Crippen molar-refractivity contribution in [1.29, 1.82) is 0 Å². The zero-order valence-corrected chi connectivity index (χ0v) is 14.2. The molecule has 0 N–H and O–H groups in total. The minimum atomic E-state index is -0.208. The summed E-state index contributed by atoms with van der Waals surface area (Å²) in [6.45, 7) is 6.19. The molecule has 2 saturated heterocycles. The number of ether oxygens (including phenoxy) is 1. The number of morpholine rings is 1. The number of carbonyl (C=O) groups excluding carboxylic acids is 2. The van der Waals surface area contributed by atoms with Crippen molar-refractivity contribution in [3.05, 3.63) is 30.3 Å². The van der Waals surface area contributed by atoms with E-state index in [0.717, 1.165) is 12.1 Å². The Balaban J connectivity index is 1.63. The fraction of sp³-hybridized carbons (Fsp3) is 0.556. The van der Waals surface area contributed by atoms with E-state index in [0.29, 0.717) is 45.9 Å². The second kappa shape index (κ2) is 7.77. The highest BCUT2D eigenvalue weighted by Crippen LogP contribution is 2.24. The van der Waals surface area contributed by atoms with Gasteiger partial charge in [-0.25, -0.2) is 0 Å². The lowest BCUT2D eigenvalue weighted by Crippen LogP contribution is -2.50. The minimum Gasteiger partial charge on any atom is -0.378 e. The van der Waals surface area contributed by atoms with Crippen molar-refractivity contribution in [2.24, 2.45) is 0 Å². The summed E-state index contributed by atoms with van der Waals surface area (Å²) in [5, 5.41) is 0. The van der Waals surface area contributed by atoms with Gasteiger partial charge in [-0.3, -0.25) is 14.5 Å². The second-order valence-electron chi connectivity index (χ2n) is 6.19. The average Bonchev–Trinajstić information content (AvgIpc) is 3.02. The molecule has 1 aromatic carbocycles. The zero-order valence-electron chi connectivity index (χ0n) is 14.2. The van der Waals surface area contributed by atoms with Crippen molar-refractivity contribution in [1.82, 2.24) is 9.80 Å². The predicted molar refractivity (Wildman–Crippen MR) is 91.8 cm³/mol. The molecule has 0 spiro atoms. The van der Waals surface area contributed by atoms with Crippen LogP contribution in [0.5, 0.6) is 0 Å². The minimum absolute atomic E-state index is 0.0890.